The van der Waals surface area contributed by atoms with E-state index in [-0.39, 0.29) is 5.91 Å². The van der Waals surface area contributed by atoms with Crippen LogP contribution in [0.4, 0.5) is 5.82 Å². The zero-order valence-corrected chi connectivity index (χ0v) is 15.5. The molecule has 1 saturated carbocycles. The van der Waals surface area contributed by atoms with Crippen LogP contribution in [0.1, 0.15) is 29.4 Å². The van der Waals surface area contributed by atoms with Crippen LogP contribution in [0.2, 0.25) is 0 Å². The molecule has 4 N–H and O–H groups in total. The van der Waals surface area contributed by atoms with Crippen molar-refractivity contribution in [3.8, 4) is 0 Å². The summed E-state index contributed by atoms with van der Waals surface area (Å²) in [6, 6.07) is 0.621. The highest BCUT2D eigenvalue weighted by molar-refractivity contribution is 5.92. The van der Waals surface area contributed by atoms with E-state index in [0.717, 1.165) is 0 Å². The van der Waals surface area contributed by atoms with Crippen LogP contribution in [0.25, 0.3) is 11.2 Å². The number of nitrogens with one attached hydrogen (secondary N) is 2. The maximum Gasteiger partial charge on any atom is 0.269 e. The minimum absolute atomic E-state index is 0.339. The summed E-state index contributed by atoms with van der Waals surface area (Å²) in [5.74, 6) is 0.255. The van der Waals surface area contributed by atoms with E-state index in [1.807, 2.05) is 0 Å². The van der Waals surface area contributed by atoms with Crippen molar-refractivity contribution in [3.05, 3.63) is 30.6 Å². The number of aryl methyl sites for hydroxylation is 1. The lowest BCUT2D eigenvalue weighted by atomic mass is 9.85. The molecule has 4 atom stereocenters. The highest BCUT2D eigenvalue weighted by atomic mass is 16.3. The average Bonchev–Trinajstić information content (AvgIpc) is 3.31. The summed E-state index contributed by atoms with van der Waals surface area (Å²) in [6.07, 6.45) is 3.37. The van der Waals surface area contributed by atoms with Crippen molar-refractivity contribution in [2.45, 2.75) is 37.1 Å². The summed E-state index contributed by atoms with van der Waals surface area (Å²) in [5, 5.41) is 31.1. The van der Waals surface area contributed by atoms with Gasteiger partial charge in [0.1, 0.15) is 29.7 Å². The van der Waals surface area contributed by atoms with Gasteiger partial charge in [0.05, 0.1) is 18.4 Å². The predicted octanol–water partition coefficient (Wildman–Crippen LogP) is -0.543. The van der Waals surface area contributed by atoms with Crippen molar-refractivity contribution >= 4 is 22.9 Å². The Morgan fingerprint density at radius 1 is 1.21 bits per heavy atom. The molecule has 0 saturated heterocycles. The first-order valence-electron chi connectivity index (χ1n) is 9.01. The zero-order chi connectivity index (χ0) is 19.8. The Kier molecular flexibility index (Phi) is 4.69. The topological polar surface area (TPSA) is 143 Å². The largest absolute Gasteiger partial charge is 0.388 e. The SMILES string of the molecule is CNc1ncnc2c1ncn2[C@@H]1CC[C@@H](NC(=O)c2ccnn2C)[C@@H](O)[C@@H]1O. The number of rotatable bonds is 4. The number of aromatic nitrogens is 6. The second-order valence-electron chi connectivity index (χ2n) is 6.84. The van der Waals surface area contributed by atoms with Crippen molar-refractivity contribution in [1.29, 1.82) is 0 Å². The van der Waals surface area contributed by atoms with Crippen LogP contribution in [0.5, 0.6) is 0 Å². The van der Waals surface area contributed by atoms with Crippen LogP contribution in [0.15, 0.2) is 24.9 Å². The number of nitrogens with zero attached hydrogens (tertiary/aromatic N) is 6. The van der Waals surface area contributed by atoms with Crippen LogP contribution >= 0.6 is 0 Å². The molecule has 11 nitrogen and oxygen atoms in total. The molecule has 1 amide bonds. The third kappa shape index (κ3) is 2.98. The Morgan fingerprint density at radius 2 is 2.04 bits per heavy atom. The van der Waals surface area contributed by atoms with Gasteiger partial charge in [0.2, 0.25) is 0 Å². The molecule has 0 aromatic carbocycles. The van der Waals surface area contributed by atoms with E-state index in [1.165, 1.54) is 17.2 Å². The number of amides is 1. The van der Waals surface area contributed by atoms with Gasteiger partial charge >= 0.3 is 0 Å². The molecule has 11 heteroatoms. The first-order valence-corrected chi connectivity index (χ1v) is 9.01. The number of anilines is 1. The van der Waals surface area contributed by atoms with Crippen molar-refractivity contribution in [1.82, 2.24) is 34.6 Å². The number of hydrogen-bond acceptors (Lipinski definition) is 8. The average molecular weight is 386 g/mol. The Balaban J connectivity index is 1.53. The summed E-state index contributed by atoms with van der Waals surface area (Å²) < 4.78 is 3.21. The van der Waals surface area contributed by atoms with E-state index in [4.69, 9.17) is 0 Å². The Hall–Kier alpha value is -3.05. The maximum atomic E-state index is 12.4. The molecule has 4 rings (SSSR count). The highest BCUT2D eigenvalue weighted by Gasteiger charge is 2.40. The first-order chi connectivity index (χ1) is 13.5. The monoisotopic (exact) mass is 386 g/mol. The fourth-order valence-electron chi connectivity index (χ4n) is 3.74. The highest BCUT2D eigenvalue weighted by Crippen LogP contribution is 2.32. The molecule has 0 radical (unpaired) electrons. The molecule has 0 aliphatic heterocycles. The molecule has 1 aliphatic rings. The normalized spacial score (nSPS) is 25.0. The summed E-state index contributed by atoms with van der Waals surface area (Å²) in [5.41, 5.74) is 1.56. The van der Waals surface area contributed by atoms with Crippen molar-refractivity contribution in [2.24, 2.45) is 7.05 Å². The first kappa shape index (κ1) is 18.3. The molecule has 0 bridgehead atoms. The van der Waals surface area contributed by atoms with Gasteiger partial charge in [0.15, 0.2) is 11.5 Å². The standard InChI is InChI=1S/C17H22N8O3/c1-18-15-12-16(20-7-19-15)25(8-21-12)10-4-3-9(13(26)14(10)27)23-17(28)11-5-6-22-24(11)2/h5-10,13-14,26-27H,3-4H2,1-2H3,(H,23,28)(H,18,19,20)/t9-,10-,13-,14-/m1/s1. The van der Waals surface area contributed by atoms with Gasteiger partial charge in [-0.3, -0.25) is 9.48 Å². The number of aliphatic hydroxyl groups excluding tert-OH is 2. The van der Waals surface area contributed by atoms with Crippen LogP contribution in [-0.4, -0.2) is 70.7 Å². The molecule has 0 unspecified atom stereocenters. The van der Waals surface area contributed by atoms with E-state index in [0.29, 0.717) is 35.5 Å². The number of hydrogen-bond donors (Lipinski definition) is 4. The number of carbonyl (C=O) groups excluding carboxylic acids is 1. The van der Waals surface area contributed by atoms with Crippen LogP contribution in [0, 0.1) is 0 Å². The molecule has 0 spiro atoms. The Bertz CT molecular complexity index is 999. The number of fused-ring (bicyclic) bond motifs is 1. The van der Waals surface area contributed by atoms with E-state index in [9.17, 15) is 15.0 Å². The quantitative estimate of drug-likeness (QED) is 0.468. The lowest BCUT2D eigenvalue weighted by Crippen LogP contribution is -2.54. The lowest BCUT2D eigenvalue weighted by Gasteiger charge is -2.38. The van der Waals surface area contributed by atoms with E-state index in [2.05, 4.69) is 30.7 Å². The van der Waals surface area contributed by atoms with Gasteiger partial charge in [-0.25, -0.2) is 15.0 Å². The Labute approximate surface area is 160 Å². The predicted molar refractivity (Wildman–Crippen MR) is 99.6 cm³/mol. The molecule has 148 valence electrons. The van der Waals surface area contributed by atoms with Crippen molar-refractivity contribution in [2.75, 3.05) is 12.4 Å². The molecule has 3 aromatic heterocycles. The van der Waals surface area contributed by atoms with E-state index >= 15 is 0 Å². The smallest absolute Gasteiger partial charge is 0.269 e. The van der Waals surface area contributed by atoms with Crippen LogP contribution in [0.3, 0.4) is 0 Å². The van der Waals surface area contributed by atoms with Gasteiger partial charge in [-0.05, 0) is 18.9 Å². The summed E-state index contributed by atoms with van der Waals surface area (Å²) >= 11 is 0. The second-order valence-corrected chi connectivity index (χ2v) is 6.84. The van der Waals surface area contributed by atoms with E-state index < -0.39 is 24.3 Å². The van der Waals surface area contributed by atoms with Gasteiger partial charge in [-0.1, -0.05) is 0 Å². The summed E-state index contributed by atoms with van der Waals surface area (Å²) in [6.45, 7) is 0. The molecule has 3 aromatic rings. The molecule has 28 heavy (non-hydrogen) atoms. The lowest BCUT2D eigenvalue weighted by molar-refractivity contribution is -0.0553. The van der Waals surface area contributed by atoms with Gasteiger partial charge in [0.25, 0.3) is 5.91 Å². The molecular formula is C17H22N8O3. The third-order valence-corrected chi connectivity index (χ3v) is 5.25. The number of aliphatic hydroxyl groups is 2. The summed E-state index contributed by atoms with van der Waals surface area (Å²) in [4.78, 5) is 25.1. The van der Waals surface area contributed by atoms with Gasteiger partial charge in [0, 0.05) is 20.3 Å². The third-order valence-electron chi connectivity index (χ3n) is 5.25. The van der Waals surface area contributed by atoms with Crippen LogP contribution < -0.4 is 10.6 Å². The number of imidazole rings is 1. The minimum Gasteiger partial charge on any atom is -0.388 e. The fourth-order valence-corrected chi connectivity index (χ4v) is 3.74. The Morgan fingerprint density at radius 3 is 2.75 bits per heavy atom. The second kappa shape index (κ2) is 7.17. The van der Waals surface area contributed by atoms with Crippen LogP contribution in [-0.2, 0) is 7.05 Å². The molecule has 1 fully saturated rings. The van der Waals surface area contributed by atoms with Crippen molar-refractivity contribution in [3.63, 3.8) is 0 Å². The van der Waals surface area contributed by atoms with Gasteiger partial charge in [-0.2, -0.15) is 5.10 Å². The molecule has 1 aliphatic carbocycles. The van der Waals surface area contributed by atoms with Crippen molar-refractivity contribution < 1.29 is 15.0 Å². The fraction of sp³-hybridized carbons (Fsp3) is 0.471. The summed E-state index contributed by atoms with van der Waals surface area (Å²) in [7, 11) is 3.41. The maximum absolute atomic E-state index is 12.4. The number of carbonyl (C=O) groups is 1. The van der Waals surface area contributed by atoms with Gasteiger partial charge in [-0.15, -0.1) is 0 Å². The van der Waals surface area contributed by atoms with Gasteiger partial charge < -0.3 is 25.4 Å². The molecule has 3 heterocycles. The zero-order valence-electron chi connectivity index (χ0n) is 15.5. The van der Waals surface area contributed by atoms with E-state index in [1.54, 1.807) is 31.1 Å². The minimum atomic E-state index is -1.13. The molecular weight excluding hydrogens is 364 g/mol.